The summed E-state index contributed by atoms with van der Waals surface area (Å²) in [5.41, 5.74) is 2.58. The van der Waals surface area contributed by atoms with Crippen molar-refractivity contribution in [3.05, 3.63) is 71.8 Å². The Hall–Kier alpha value is -2.28. The van der Waals surface area contributed by atoms with Gasteiger partial charge in [0.15, 0.2) is 0 Å². The summed E-state index contributed by atoms with van der Waals surface area (Å²) in [4.78, 5) is 14.3. The zero-order valence-corrected chi connectivity index (χ0v) is 42.6. The second-order valence-electron chi connectivity index (χ2n) is 17.6. The van der Waals surface area contributed by atoms with Crippen molar-refractivity contribution in [3.63, 3.8) is 0 Å². The molecule has 70 heavy (non-hydrogen) atoms. The van der Waals surface area contributed by atoms with Gasteiger partial charge in [0.1, 0.15) is 0 Å². The number of hydrogen-bond donors (Lipinski definition) is 0. The first-order valence-electron chi connectivity index (χ1n) is 26.1. The monoisotopic (exact) mass is 991 g/mol. The molecule has 5 rings (SSSR count). The fraction of sp³-hybridized carbons (Fsp3) is 0.769. The Kier molecular flexibility index (Phi) is 34.4. The molecule has 3 heterocycles. The molecular weight excluding hydrogens is 901 g/mol. The maximum absolute atomic E-state index is 6.10. The highest BCUT2D eigenvalue weighted by atomic mass is 16.5. The van der Waals surface area contributed by atoms with Crippen molar-refractivity contribution < 1.29 is 56.8 Å². The molecule has 3 aliphatic rings. The first-order chi connectivity index (χ1) is 34.8. The van der Waals surface area contributed by atoms with Gasteiger partial charge in [0.25, 0.3) is 0 Å². The number of nitrogens with zero attached hydrogens (tertiary/aromatic N) is 6. The summed E-state index contributed by atoms with van der Waals surface area (Å²) in [6, 6.07) is 21.1. The quantitative estimate of drug-likeness (QED) is 0.384. The molecule has 2 aromatic carbocycles. The third kappa shape index (κ3) is 30.0. The van der Waals surface area contributed by atoms with Gasteiger partial charge in [0, 0.05) is 91.6 Å². The number of benzene rings is 2. The highest BCUT2D eigenvalue weighted by molar-refractivity contribution is 5.15. The molecule has 0 N–H and O–H groups in total. The first kappa shape index (κ1) is 58.6. The largest absolute Gasteiger partial charge is 0.378 e. The molecule has 18 heteroatoms. The maximum Gasteiger partial charge on any atom is 0.0701 e. The van der Waals surface area contributed by atoms with Gasteiger partial charge in [-0.05, 0) is 11.1 Å². The topological polar surface area (TPSA) is 130 Å². The molecule has 0 radical (unpaired) electrons. The molecule has 0 aromatic heterocycles. The van der Waals surface area contributed by atoms with Crippen molar-refractivity contribution in [1.82, 2.24) is 29.4 Å². The van der Waals surface area contributed by atoms with E-state index < -0.39 is 0 Å². The van der Waals surface area contributed by atoms with Crippen LogP contribution < -0.4 is 0 Å². The van der Waals surface area contributed by atoms with E-state index in [0.717, 1.165) is 105 Å². The van der Waals surface area contributed by atoms with Crippen molar-refractivity contribution in [2.75, 3.05) is 250 Å². The van der Waals surface area contributed by atoms with Gasteiger partial charge in [-0.15, -0.1) is 0 Å². The van der Waals surface area contributed by atoms with Crippen LogP contribution in [0.2, 0.25) is 0 Å². The van der Waals surface area contributed by atoms with Crippen LogP contribution in [0, 0.1) is 0 Å². The van der Waals surface area contributed by atoms with Crippen molar-refractivity contribution >= 4 is 0 Å². The van der Waals surface area contributed by atoms with Gasteiger partial charge in [-0.2, -0.15) is 0 Å². The molecule has 0 aliphatic carbocycles. The van der Waals surface area contributed by atoms with Gasteiger partial charge in [-0.3, -0.25) is 29.4 Å². The molecule has 3 saturated heterocycles. The van der Waals surface area contributed by atoms with Gasteiger partial charge in [0.05, 0.1) is 172 Å². The summed E-state index contributed by atoms with van der Waals surface area (Å²) in [5, 5.41) is 0. The average molecular weight is 991 g/mol. The van der Waals surface area contributed by atoms with E-state index in [1.807, 2.05) is 0 Å². The van der Waals surface area contributed by atoms with Crippen molar-refractivity contribution in [1.29, 1.82) is 0 Å². The summed E-state index contributed by atoms with van der Waals surface area (Å²) in [5.74, 6) is 0. The Bertz CT molecular complexity index is 1300. The lowest BCUT2D eigenvalue weighted by atomic mass is 10.2. The molecule has 3 aliphatic heterocycles. The van der Waals surface area contributed by atoms with Crippen LogP contribution in [-0.2, 0) is 69.9 Å². The Morgan fingerprint density at radius 3 is 0.571 bits per heavy atom. The van der Waals surface area contributed by atoms with Gasteiger partial charge < -0.3 is 56.8 Å². The van der Waals surface area contributed by atoms with E-state index >= 15 is 0 Å². The highest BCUT2D eigenvalue weighted by Crippen LogP contribution is 2.07. The minimum absolute atomic E-state index is 0.536. The van der Waals surface area contributed by atoms with E-state index in [0.29, 0.717) is 159 Å². The molecular formula is C52H90N6O12. The van der Waals surface area contributed by atoms with Crippen LogP contribution in [0.5, 0.6) is 0 Å². The van der Waals surface area contributed by atoms with Crippen LogP contribution in [-0.4, -0.2) is 280 Å². The predicted octanol–water partition coefficient (Wildman–Crippen LogP) is 2.35. The second kappa shape index (κ2) is 41.1. The van der Waals surface area contributed by atoms with Crippen molar-refractivity contribution in [2.24, 2.45) is 0 Å². The smallest absolute Gasteiger partial charge is 0.0701 e. The Labute approximate surface area is 420 Å². The van der Waals surface area contributed by atoms with Gasteiger partial charge in [-0.25, -0.2) is 0 Å². The maximum atomic E-state index is 6.10. The zero-order valence-electron chi connectivity index (χ0n) is 42.6. The second-order valence-corrected chi connectivity index (χ2v) is 17.6. The fourth-order valence-corrected chi connectivity index (χ4v) is 8.06. The standard InChI is InChI=1S/C52H90N6O12/c1-3-7-51(8-4-1)47-53-11-23-59-35-39-63-27-15-55(16-28-64-40-36-60-24-12-53)49-57-19-31-67-43-45-69-33-21-58(22-34-70-46-44-68-32-20-57)50-56-17-29-65-41-37-61-25-13-54(48-52-9-5-2-6-10-52)14-26-62-38-42-66-30-18-56/h1-10H,11-50H2. The Balaban J connectivity index is 0.991. The van der Waals surface area contributed by atoms with E-state index in [9.17, 15) is 0 Å². The lowest BCUT2D eigenvalue weighted by Crippen LogP contribution is -2.44. The normalized spacial score (nSPS) is 23.4. The lowest BCUT2D eigenvalue weighted by molar-refractivity contribution is -0.0202. The minimum Gasteiger partial charge on any atom is -0.378 e. The number of ether oxygens (including phenoxy) is 12. The molecule has 400 valence electrons. The van der Waals surface area contributed by atoms with Gasteiger partial charge in [0.2, 0.25) is 0 Å². The third-order valence-corrected chi connectivity index (χ3v) is 12.2. The Morgan fingerprint density at radius 1 is 0.214 bits per heavy atom. The molecule has 2 aromatic rings. The van der Waals surface area contributed by atoms with Crippen molar-refractivity contribution in [3.8, 4) is 0 Å². The van der Waals surface area contributed by atoms with E-state index in [2.05, 4.69) is 90.1 Å². The zero-order chi connectivity index (χ0) is 48.5. The molecule has 0 amide bonds. The molecule has 0 saturated carbocycles. The van der Waals surface area contributed by atoms with E-state index in [4.69, 9.17) is 56.8 Å². The molecule has 0 unspecified atom stereocenters. The van der Waals surface area contributed by atoms with Crippen LogP contribution in [0.15, 0.2) is 60.7 Å². The highest BCUT2D eigenvalue weighted by Gasteiger charge is 2.16. The van der Waals surface area contributed by atoms with E-state index in [1.165, 1.54) is 11.1 Å². The van der Waals surface area contributed by atoms with Gasteiger partial charge in [-0.1, -0.05) is 60.7 Å². The van der Waals surface area contributed by atoms with Gasteiger partial charge >= 0.3 is 0 Å². The summed E-state index contributed by atoms with van der Waals surface area (Å²) < 4.78 is 72.5. The number of hydrogen-bond acceptors (Lipinski definition) is 18. The van der Waals surface area contributed by atoms with Crippen LogP contribution in [0.1, 0.15) is 11.1 Å². The summed E-state index contributed by atoms with van der Waals surface area (Å²) in [7, 11) is 0. The van der Waals surface area contributed by atoms with Crippen LogP contribution >= 0.6 is 0 Å². The molecule has 0 spiro atoms. The van der Waals surface area contributed by atoms with Crippen molar-refractivity contribution in [2.45, 2.75) is 13.1 Å². The fourth-order valence-electron chi connectivity index (χ4n) is 8.06. The van der Waals surface area contributed by atoms with Crippen LogP contribution in [0.3, 0.4) is 0 Å². The summed E-state index contributed by atoms with van der Waals surface area (Å²) in [6.45, 7) is 26.9. The Morgan fingerprint density at radius 2 is 0.386 bits per heavy atom. The summed E-state index contributed by atoms with van der Waals surface area (Å²) >= 11 is 0. The summed E-state index contributed by atoms with van der Waals surface area (Å²) in [6.07, 6.45) is 0. The third-order valence-electron chi connectivity index (χ3n) is 12.2. The average Bonchev–Trinajstić information content (AvgIpc) is 3.37. The van der Waals surface area contributed by atoms with Crippen LogP contribution in [0.25, 0.3) is 0 Å². The lowest BCUT2D eigenvalue weighted by Gasteiger charge is -2.31. The van der Waals surface area contributed by atoms with E-state index in [1.54, 1.807) is 0 Å². The van der Waals surface area contributed by atoms with E-state index in [-0.39, 0.29) is 0 Å². The molecule has 18 nitrogen and oxygen atoms in total. The molecule has 0 atom stereocenters. The molecule has 3 fully saturated rings. The molecule has 0 bridgehead atoms. The SMILES string of the molecule is c1ccc(CN2CCOCCOCCN(CN3CCOCCOCCN(CN4CCOCCOCCN(Cc5ccccc5)CCOCCOCC4)CCOCCOCC3)CCOCCOCC2)cc1. The first-order valence-corrected chi connectivity index (χ1v) is 26.1. The van der Waals surface area contributed by atoms with Crippen LogP contribution in [0.4, 0.5) is 0 Å². The minimum atomic E-state index is 0.536. The number of rotatable bonds is 8. The predicted molar refractivity (Wildman–Crippen MR) is 269 cm³/mol.